The number of rotatable bonds is 2. The molecule has 2 aromatic carbocycles. The minimum atomic E-state index is 0.998. The maximum absolute atomic E-state index is 4.53. The van der Waals surface area contributed by atoms with Crippen molar-refractivity contribution >= 4 is 21.4 Å². The molecule has 0 saturated heterocycles. The first kappa shape index (κ1) is 11.4. The molecule has 0 atom stereocenters. The summed E-state index contributed by atoms with van der Waals surface area (Å²) in [4.78, 5) is 5.73. The smallest absolute Gasteiger partial charge is 0.154 e. The lowest BCUT2D eigenvalue weighted by atomic mass is 10.2. The third-order valence-electron chi connectivity index (χ3n) is 3.32. The summed E-state index contributed by atoms with van der Waals surface area (Å²) in [6, 6.07) is 21.0. The molecule has 0 aliphatic rings. The van der Waals surface area contributed by atoms with E-state index in [0.717, 1.165) is 11.5 Å². The van der Waals surface area contributed by atoms with Crippen LogP contribution in [0.3, 0.4) is 0 Å². The molecule has 4 aromatic rings. The van der Waals surface area contributed by atoms with Crippen molar-refractivity contribution in [1.82, 2.24) is 9.55 Å². The Morgan fingerprint density at radius 3 is 2.55 bits per heavy atom. The Hall–Kier alpha value is -2.39. The summed E-state index contributed by atoms with van der Waals surface area (Å²) in [7, 11) is 0. The van der Waals surface area contributed by atoms with E-state index in [0.29, 0.717) is 0 Å². The van der Waals surface area contributed by atoms with Gasteiger partial charge in [0, 0.05) is 22.8 Å². The highest BCUT2D eigenvalue weighted by molar-refractivity contribution is 7.22. The second kappa shape index (κ2) is 4.62. The second-order valence-electron chi connectivity index (χ2n) is 4.60. The Balaban J connectivity index is 1.89. The van der Waals surface area contributed by atoms with Crippen LogP contribution in [-0.4, -0.2) is 9.55 Å². The lowest BCUT2D eigenvalue weighted by Gasteiger charge is -2.05. The number of thiophene rings is 1. The van der Waals surface area contributed by atoms with Gasteiger partial charge in [-0.25, -0.2) is 4.98 Å². The van der Waals surface area contributed by atoms with Crippen LogP contribution in [0, 0.1) is 0 Å². The first-order chi connectivity index (χ1) is 9.92. The van der Waals surface area contributed by atoms with Crippen molar-refractivity contribution in [2.24, 2.45) is 0 Å². The van der Waals surface area contributed by atoms with Crippen LogP contribution >= 0.6 is 11.3 Å². The standard InChI is InChI=1S/C17H12N2S/c1-2-7-14(8-3-1)19-11-10-18-17(19)16-12-13-6-4-5-9-15(13)20-16/h1-12H. The number of benzene rings is 2. The molecule has 0 aliphatic heterocycles. The van der Waals surface area contributed by atoms with Crippen molar-refractivity contribution in [2.45, 2.75) is 0 Å². The molecule has 2 aromatic heterocycles. The van der Waals surface area contributed by atoms with E-state index in [1.54, 1.807) is 11.3 Å². The van der Waals surface area contributed by atoms with Gasteiger partial charge in [-0.1, -0.05) is 36.4 Å². The van der Waals surface area contributed by atoms with Gasteiger partial charge in [-0.15, -0.1) is 11.3 Å². The fourth-order valence-corrected chi connectivity index (χ4v) is 3.43. The lowest BCUT2D eigenvalue weighted by Crippen LogP contribution is -1.94. The van der Waals surface area contributed by atoms with Gasteiger partial charge in [0.2, 0.25) is 0 Å². The van der Waals surface area contributed by atoms with E-state index in [4.69, 9.17) is 0 Å². The van der Waals surface area contributed by atoms with Crippen LogP contribution in [0.25, 0.3) is 26.5 Å². The van der Waals surface area contributed by atoms with Crippen LogP contribution in [-0.2, 0) is 0 Å². The minimum Gasteiger partial charge on any atom is -0.299 e. The topological polar surface area (TPSA) is 17.8 Å². The molecular weight excluding hydrogens is 264 g/mol. The Kier molecular flexibility index (Phi) is 2.64. The van der Waals surface area contributed by atoms with Crippen molar-refractivity contribution in [2.75, 3.05) is 0 Å². The Morgan fingerprint density at radius 1 is 0.900 bits per heavy atom. The molecule has 2 nitrogen and oxygen atoms in total. The second-order valence-corrected chi connectivity index (χ2v) is 5.69. The third kappa shape index (κ3) is 1.84. The molecule has 20 heavy (non-hydrogen) atoms. The molecule has 0 radical (unpaired) electrons. The van der Waals surface area contributed by atoms with Gasteiger partial charge in [-0.2, -0.15) is 0 Å². The average Bonchev–Trinajstić information content (AvgIpc) is 3.14. The lowest BCUT2D eigenvalue weighted by molar-refractivity contribution is 1.07. The van der Waals surface area contributed by atoms with Crippen LogP contribution in [0.5, 0.6) is 0 Å². The molecule has 0 spiro atoms. The predicted molar refractivity (Wildman–Crippen MR) is 84.4 cm³/mol. The van der Waals surface area contributed by atoms with Gasteiger partial charge >= 0.3 is 0 Å². The molecule has 0 aliphatic carbocycles. The van der Waals surface area contributed by atoms with E-state index in [9.17, 15) is 0 Å². The van der Waals surface area contributed by atoms with Crippen molar-refractivity contribution < 1.29 is 0 Å². The monoisotopic (exact) mass is 276 g/mol. The minimum absolute atomic E-state index is 0.998. The average molecular weight is 276 g/mol. The fraction of sp³-hybridized carbons (Fsp3) is 0. The maximum atomic E-state index is 4.53. The van der Waals surface area contributed by atoms with Crippen LogP contribution in [0.15, 0.2) is 73.1 Å². The van der Waals surface area contributed by atoms with Crippen molar-refractivity contribution in [1.29, 1.82) is 0 Å². The SMILES string of the molecule is c1ccc(-n2ccnc2-c2cc3ccccc3s2)cc1. The molecule has 0 saturated carbocycles. The molecule has 0 unspecified atom stereocenters. The van der Waals surface area contributed by atoms with Gasteiger partial charge in [-0.05, 0) is 29.7 Å². The fourth-order valence-electron chi connectivity index (χ4n) is 2.37. The Bertz CT molecular complexity index is 826. The van der Waals surface area contributed by atoms with Crippen molar-refractivity contribution in [3.63, 3.8) is 0 Å². The number of aromatic nitrogens is 2. The van der Waals surface area contributed by atoms with Crippen LogP contribution in [0.2, 0.25) is 0 Å². The first-order valence-corrected chi connectivity index (χ1v) is 7.31. The van der Waals surface area contributed by atoms with Crippen LogP contribution in [0.4, 0.5) is 0 Å². The van der Waals surface area contributed by atoms with E-state index in [-0.39, 0.29) is 0 Å². The molecular formula is C17H12N2S. The zero-order valence-corrected chi connectivity index (χ0v) is 11.5. The van der Waals surface area contributed by atoms with Crippen LogP contribution < -0.4 is 0 Å². The van der Waals surface area contributed by atoms with E-state index >= 15 is 0 Å². The van der Waals surface area contributed by atoms with E-state index in [1.165, 1.54) is 15.0 Å². The third-order valence-corrected chi connectivity index (χ3v) is 4.43. The largest absolute Gasteiger partial charge is 0.299 e. The Morgan fingerprint density at radius 2 is 1.70 bits per heavy atom. The molecule has 96 valence electrons. The normalized spacial score (nSPS) is 11.0. The first-order valence-electron chi connectivity index (χ1n) is 6.49. The number of hydrogen-bond acceptors (Lipinski definition) is 2. The molecule has 3 heteroatoms. The summed E-state index contributed by atoms with van der Waals surface area (Å²) in [5.74, 6) is 0.998. The van der Waals surface area contributed by atoms with Gasteiger partial charge in [0.25, 0.3) is 0 Å². The summed E-state index contributed by atoms with van der Waals surface area (Å²) in [5.41, 5.74) is 1.14. The van der Waals surface area contributed by atoms with Crippen molar-refractivity contribution in [3.05, 3.63) is 73.1 Å². The summed E-state index contributed by atoms with van der Waals surface area (Å²) in [5, 5.41) is 1.27. The predicted octanol–water partition coefficient (Wildman–Crippen LogP) is 4.75. The van der Waals surface area contributed by atoms with Gasteiger partial charge in [0.1, 0.15) is 0 Å². The number of imidazole rings is 1. The van der Waals surface area contributed by atoms with Crippen molar-refractivity contribution in [3.8, 4) is 16.4 Å². The highest BCUT2D eigenvalue weighted by atomic mass is 32.1. The zero-order chi connectivity index (χ0) is 13.4. The number of nitrogens with zero attached hydrogens (tertiary/aromatic N) is 2. The highest BCUT2D eigenvalue weighted by Gasteiger charge is 2.10. The van der Waals surface area contributed by atoms with E-state index in [2.05, 4.69) is 52.0 Å². The van der Waals surface area contributed by atoms with E-state index < -0.39 is 0 Å². The maximum Gasteiger partial charge on any atom is 0.154 e. The van der Waals surface area contributed by atoms with E-state index in [1.807, 2.05) is 30.6 Å². The van der Waals surface area contributed by atoms with Crippen LogP contribution in [0.1, 0.15) is 0 Å². The summed E-state index contributed by atoms with van der Waals surface area (Å²) in [6.45, 7) is 0. The van der Waals surface area contributed by atoms with Gasteiger partial charge in [0.15, 0.2) is 5.82 Å². The van der Waals surface area contributed by atoms with Gasteiger partial charge in [-0.3, -0.25) is 4.57 Å². The van der Waals surface area contributed by atoms with Gasteiger partial charge < -0.3 is 0 Å². The number of fused-ring (bicyclic) bond motifs is 1. The molecule has 0 N–H and O–H groups in total. The number of hydrogen-bond donors (Lipinski definition) is 0. The zero-order valence-electron chi connectivity index (χ0n) is 10.7. The quantitative estimate of drug-likeness (QED) is 0.516. The summed E-state index contributed by atoms with van der Waals surface area (Å²) in [6.07, 6.45) is 3.86. The van der Waals surface area contributed by atoms with Gasteiger partial charge in [0.05, 0.1) is 4.88 Å². The molecule has 4 rings (SSSR count). The Labute approximate surface area is 121 Å². The highest BCUT2D eigenvalue weighted by Crippen LogP contribution is 2.33. The molecule has 0 amide bonds. The molecule has 2 heterocycles. The number of para-hydroxylation sites is 1. The summed E-state index contributed by atoms with van der Waals surface area (Å²) >= 11 is 1.78. The molecule has 0 bridgehead atoms. The molecule has 0 fully saturated rings. The summed E-state index contributed by atoms with van der Waals surface area (Å²) < 4.78 is 3.43.